The Kier molecular flexibility index (Phi) is 5.31. The second kappa shape index (κ2) is 6.75. The van der Waals surface area contributed by atoms with Gasteiger partial charge in [0, 0.05) is 13.1 Å². The highest BCUT2D eigenvalue weighted by Gasteiger charge is 2.12. The summed E-state index contributed by atoms with van der Waals surface area (Å²) in [5.74, 6) is 0.706. The molecule has 0 heterocycles. The predicted molar refractivity (Wildman–Crippen MR) is 74.7 cm³/mol. The zero-order valence-corrected chi connectivity index (χ0v) is 11.3. The Hall–Kier alpha value is -1.89. The van der Waals surface area contributed by atoms with Crippen molar-refractivity contribution in [2.45, 2.75) is 33.3 Å². The van der Waals surface area contributed by atoms with Gasteiger partial charge in [0.15, 0.2) is 0 Å². The third kappa shape index (κ3) is 3.56. The smallest absolute Gasteiger partial charge is 0.144 e. The number of nitrogens with two attached hydrogens (primary N) is 1. The normalized spacial score (nSPS) is 10.2. The third-order valence-corrected chi connectivity index (χ3v) is 2.62. The van der Waals surface area contributed by atoms with Crippen LogP contribution < -0.4 is 15.4 Å². The standard InChI is InChI=1S/C14H21N3O/c1-4-17(10-6-9-15)12-7-5-8-13(14(12)16)18-11(2)3/h5,7-8,11H,4,6,10,16H2,1-3H3. The van der Waals surface area contributed by atoms with Crippen LogP contribution >= 0.6 is 0 Å². The number of anilines is 2. The molecular formula is C14H21N3O. The van der Waals surface area contributed by atoms with Gasteiger partial charge in [-0.1, -0.05) is 6.07 Å². The van der Waals surface area contributed by atoms with E-state index >= 15 is 0 Å². The minimum atomic E-state index is 0.0942. The second-order valence-corrected chi connectivity index (χ2v) is 4.34. The number of hydrogen-bond acceptors (Lipinski definition) is 4. The van der Waals surface area contributed by atoms with Crippen molar-refractivity contribution < 1.29 is 4.74 Å². The van der Waals surface area contributed by atoms with E-state index in [4.69, 9.17) is 15.7 Å². The van der Waals surface area contributed by atoms with Crippen LogP contribution in [0.15, 0.2) is 18.2 Å². The lowest BCUT2D eigenvalue weighted by Gasteiger charge is -2.25. The minimum absolute atomic E-state index is 0.0942. The van der Waals surface area contributed by atoms with E-state index in [-0.39, 0.29) is 6.10 Å². The van der Waals surface area contributed by atoms with Crippen molar-refractivity contribution in [3.63, 3.8) is 0 Å². The van der Waals surface area contributed by atoms with E-state index in [1.807, 2.05) is 39.0 Å². The van der Waals surface area contributed by atoms with E-state index in [1.54, 1.807) is 0 Å². The van der Waals surface area contributed by atoms with Gasteiger partial charge in [0.2, 0.25) is 0 Å². The summed E-state index contributed by atoms with van der Waals surface area (Å²) in [6, 6.07) is 7.92. The molecule has 2 N–H and O–H groups in total. The predicted octanol–water partition coefficient (Wildman–Crippen LogP) is 2.80. The molecule has 18 heavy (non-hydrogen) atoms. The fourth-order valence-electron chi connectivity index (χ4n) is 1.80. The van der Waals surface area contributed by atoms with E-state index < -0.39 is 0 Å². The van der Waals surface area contributed by atoms with Gasteiger partial charge in [-0.15, -0.1) is 0 Å². The van der Waals surface area contributed by atoms with Crippen LogP contribution in [0.1, 0.15) is 27.2 Å². The van der Waals surface area contributed by atoms with Crippen molar-refractivity contribution in [3.8, 4) is 11.8 Å². The third-order valence-electron chi connectivity index (χ3n) is 2.62. The van der Waals surface area contributed by atoms with Crippen LogP contribution in [-0.4, -0.2) is 19.2 Å². The van der Waals surface area contributed by atoms with Crippen molar-refractivity contribution in [3.05, 3.63) is 18.2 Å². The molecule has 0 radical (unpaired) electrons. The molecule has 0 saturated heterocycles. The maximum Gasteiger partial charge on any atom is 0.144 e. The molecule has 4 heteroatoms. The Morgan fingerprint density at radius 3 is 2.72 bits per heavy atom. The van der Waals surface area contributed by atoms with Gasteiger partial charge < -0.3 is 15.4 Å². The average molecular weight is 247 g/mol. The van der Waals surface area contributed by atoms with Gasteiger partial charge in [0.05, 0.1) is 30.0 Å². The van der Waals surface area contributed by atoms with E-state index in [1.165, 1.54) is 0 Å². The van der Waals surface area contributed by atoms with Crippen molar-refractivity contribution in [1.29, 1.82) is 5.26 Å². The number of nitriles is 1. The monoisotopic (exact) mass is 247 g/mol. The Balaban J connectivity index is 2.97. The van der Waals surface area contributed by atoms with Crippen LogP contribution in [0.3, 0.4) is 0 Å². The Labute approximate surface area is 109 Å². The van der Waals surface area contributed by atoms with Crippen molar-refractivity contribution in [2.24, 2.45) is 0 Å². The van der Waals surface area contributed by atoms with Gasteiger partial charge in [-0.25, -0.2) is 0 Å². The number of nitrogens with zero attached hydrogens (tertiary/aromatic N) is 2. The van der Waals surface area contributed by atoms with E-state index in [9.17, 15) is 0 Å². The second-order valence-electron chi connectivity index (χ2n) is 4.34. The summed E-state index contributed by atoms with van der Waals surface area (Å²) >= 11 is 0. The van der Waals surface area contributed by atoms with E-state index in [0.717, 1.165) is 12.2 Å². The van der Waals surface area contributed by atoms with Crippen LogP contribution in [0.25, 0.3) is 0 Å². The van der Waals surface area contributed by atoms with Gasteiger partial charge in [0.25, 0.3) is 0 Å². The molecule has 0 bridgehead atoms. The van der Waals surface area contributed by atoms with Gasteiger partial charge in [-0.2, -0.15) is 5.26 Å². The van der Waals surface area contributed by atoms with E-state index in [0.29, 0.717) is 24.4 Å². The molecule has 1 aromatic carbocycles. The Morgan fingerprint density at radius 1 is 1.44 bits per heavy atom. The largest absolute Gasteiger partial charge is 0.489 e. The topological polar surface area (TPSA) is 62.3 Å². The number of ether oxygens (including phenoxy) is 1. The molecule has 0 unspecified atom stereocenters. The fourth-order valence-corrected chi connectivity index (χ4v) is 1.80. The van der Waals surface area contributed by atoms with Crippen molar-refractivity contribution in [1.82, 2.24) is 0 Å². The van der Waals surface area contributed by atoms with Gasteiger partial charge >= 0.3 is 0 Å². The first-order chi connectivity index (χ1) is 8.60. The number of nitrogen functional groups attached to an aromatic ring is 1. The summed E-state index contributed by atoms with van der Waals surface area (Å²) in [5, 5.41) is 8.67. The SMILES string of the molecule is CCN(CCC#N)c1cccc(OC(C)C)c1N. The summed E-state index contributed by atoms with van der Waals surface area (Å²) < 4.78 is 5.67. The first-order valence-corrected chi connectivity index (χ1v) is 6.27. The highest BCUT2D eigenvalue weighted by Crippen LogP contribution is 2.32. The Bertz CT molecular complexity index is 424. The summed E-state index contributed by atoms with van der Waals surface area (Å²) in [5.41, 5.74) is 7.71. The summed E-state index contributed by atoms with van der Waals surface area (Å²) in [4.78, 5) is 2.09. The molecule has 0 saturated carbocycles. The molecule has 0 aliphatic heterocycles. The van der Waals surface area contributed by atoms with Crippen LogP contribution in [-0.2, 0) is 0 Å². The number of hydrogen-bond donors (Lipinski definition) is 1. The minimum Gasteiger partial charge on any atom is -0.489 e. The number of rotatable bonds is 6. The van der Waals surface area contributed by atoms with Crippen molar-refractivity contribution in [2.75, 3.05) is 23.7 Å². The number of para-hydroxylation sites is 1. The maximum atomic E-state index is 8.67. The average Bonchev–Trinajstić information content (AvgIpc) is 2.33. The zero-order chi connectivity index (χ0) is 13.5. The van der Waals surface area contributed by atoms with Crippen LogP contribution in [0, 0.1) is 11.3 Å². The Morgan fingerprint density at radius 2 is 2.17 bits per heavy atom. The van der Waals surface area contributed by atoms with Crippen LogP contribution in [0.2, 0.25) is 0 Å². The quantitative estimate of drug-likeness (QED) is 0.785. The number of benzene rings is 1. The zero-order valence-electron chi connectivity index (χ0n) is 11.3. The molecule has 0 aliphatic rings. The summed E-state index contributed by atoms with van der Waals surface area (Å²) in [7, 11) is 0. The molecule has 0 fully saturated rings. The molecule has 0 aliphatic carbocycles. The van der Waals surface area contributed by atoms with Gasteiger partial charge in [0.1, 0.15) is 5.75 Å². The van der Waals surface area contributed by atoms with Gasteiger partial charge in [-0.3, -0.25) is 0 Å². The summed E-state index contributed by atoms with van der Waals surface area (Å²) in [6.45, 7) is 7.49. The molecule has 4 nitrogen and oxygen atoms in total. The highest BCUT2D eigenvalue weighted by atomic mass is 16.5. The summed E-state index contributed by atoms with van der Waals surface area (Å²) in [6.07, 6.45) is 0.583. The first-order valence-electron chi connectivity index (χ1n) is 6.27. The lowest BCUT2D eigenvalue weighted by molar-refractivity contribution is 0.244. The lowest BCUT2D eigenvalue weighted by Crippen LogP contribution is -2.25. The molecule has 98 valence electrons. The molecule has 1 rings (SSSR count). The van der Waals surface area contributed by atoms with Crippen LogP contribution in [0.5, 0.6) is 5.75 Å². The molecule has 0 amide bonds. The molecule has 0 atom stereocenters. The molecule has 1 aromatic rings. The molecule has 0 spiro atoms. The highest BCUT2D eigenvalue weighted by molar-refractivity contribution is 5.74. The lowest BCUT2D eigenvalue weighted by atomic mass is 10.2. The maximum absolute atomic E-state index is 8.67. The van der Waals surface area contributed by atoms with Gasteiger partial charge in [-0.05, 0) is 32.9 Å². The van der Waals surface area contributed by atoms with Crippen molar-refractivity contribution >= 4 is 11.4 Å². The first kappa shape index (κ1) is 14.2. The molecule has 0 aromatic heterocycles. The fraction of sp³-hybridized carbons (Fsp3) is 0.500. The molecular weight excluding hydrogens is 226 g/mol. The van der Waals surface area contributed by atoms with Crippen LogP contribution in [0.4, 0.5) is 11.4 Å². The van der Waals surface area contributed by atoms with E-state index in [2.05, 4.69) is 11.0 Å².